The van der Waals surface area contributed by atoms with Crippen molar-refractivity contribution < 1.29 is 19.4 Å². The van der Waals surface area contributed by atoms with Gasteiger partial charge >= 0.3 is 6.03 Å². The van der Waals surface area contributed by atoms with Crippen molar-refractivity contribution in [1.29, 1.82) is 0 Å². The van der Waals surface area contributed by atoms with Crippen LogP contribution < -0.4 is 10.1 Å². The number of amides is 3. The summed E-state index contributed by atoms with van der Waals surface area (Å²) in [6.07, 6.45) is 2.69. The standard InChI is InChI=1S/C19H26N2O4/c1-13-6-8-16(9-7-13)25-12-15(22)11-21-17(23)19(20-18(21)24)10-4-3-5-14(19)2/h6-9,14-15,22H,3-5,10-12H2,1-2H3,(H,20,24)/t14-,15-,19+/m1/s1. The quantitative estimate of drug-likeness (QED) is 0.802. The number of nitrogens with zero attached hydrogens (tertiary/aromatic N) is 1. The average Bonchev–Trinajstić information content (AvgIpc) is 2.82. The zero-order valence-electron chi connectivity index (χ0n) is 14.8. The number of aryl methyl sites for hydroxylation is 1. The second kappa shape index (κ2) is 7.04. The van der Waals surface area contributed by atoms with Gasteiger partial charge in [0.25, 0.3) is 5.91 Å². The number of imide groups is 1. The highest BCUT2D eigenvalue weighted by Gasteiger charge is 2.54. The Morgan fingerprint density at radius 3 is 2.72 bits per heavy atom. The summed E-state index contributed by atoms with van der Waals surface area (Å²) >= 11 is 0. The molecule has 1 saturated carbocycles. The average molecular weight is 346 g/mol. The van der Waals surface area contributed by atoms with E-state index in [1.54, 1.807) is 0 Å². The molecule has 1 aliphatic heterocycles. The van der Waals surface area contributed by atoms with Crippen molar-refractivity contribution in [2.45, 2.75) is 51.2 Å². The summed E-state index contributed by atoms with van der Waals surface area (Å²) in [4.78, 5) is 26.3. The number of ether oxygens (including phenoxy) is 1. The maximum atomic E-state index is 12.8. The monoisotopic (exact) mass is 346 g/mol. The zero-order chi connectivity index (χ0) is 18.0. The number of aliphatic hydroxyl groups is 1. The molecule has 136 valence electrons. The Morgan fingerprint density at radius 2 is 2.04 bits per heavy atom. The van der Waals surface area contributed by atoms with Gasteiger partial charge in [-0.25, -0.2) is 4.79 Å². The lowest BCUT2D eigenvalue weighted by molar-refractivity contribution is -0.135. The molecule has 3 atom stereocenters. The van der Waals surface area contributed by atoms with E-state index < -0.39 is 17.7 Å². The van der Waals surface area contributed by atoms with E-state index in [1.807, 2.05) is 38.1 Å². The minimum atomic E-state index is -0.926. The molecular weight excluding hydrogens is 320 g/mol. The molecule has 1 spiro atoms. The molecule has 2 N–H and O–H groups in total. The molecular formula is C19H26N2O4. The van der Waals surface area contributed by atoms with E-state index in [2.05, 4.69) is 5.32 Å². The van der Waals surface area contributed by atoms with E-state index >= 15 is 0 Å². The van der Waals surface area contributed by atoms with Crippen molar-refractivity contribution in [3.8, 4) is 5.75 Å². The normalized spacial score (nSPS) is 27.5. The molecule has 1 aromatic carbocycles. The molecule has 0 unspecified atom stereocenters. The summed E-state index contributed by atoms with van der Waals surface area (Å²) in [5.41, 5.74) is 0.339. The van der Waals surface area contributed by atoms with E-state index in [0.717, 1.165) is 29.7 Å². The molecule has 25 heavy (non-hydrogen) atoms. The topological polar surface area (TPSA) is 78.9 Å². The molecule has 1 aromatic rings. The molecule has 0 bridgehead atoms. The fourth-order valence-electron chi connectivity index (χ4n) is 3.75. The SMILES string of the molecule is Cc1ccc(OC[C@H](O)CN2C(=O)N[C@]3(CCCC[C@H]3C)C2=O)cc1. The fourth-order valence-corrected chi connectivity index (χ4v) is 3.75. The first-order chi connectivity index (χ1) is 11.9. The Hall–Kier alpha value is -2.08. The highest BCUT2D eigenvalue weighted by Crippen LogP contribution is 2.38. The Kier molecular flexibility index (Phi) is 4.99. The number of urea groups is 1. The third-order valence-electron chi connectivity index (χ3n) is 5.36. The van der Waals surface area contributed by atoms with E-state index in [1.165, 1.54) is 0 Å². The summed E-state index contributed by atoms with van der Waals surface area (Å²) in [5, 5.41) is 13.1. The van der Waals surface area contributed by atoms with Gasteiger partial charge < -0.3 is 15.2 Å². The van der Waals surface area contributed by atoms with Gasteiger partial charge in [-0.05, 0) is 37.8 Å². The lowest BCUT2D eigenvalue weighted by atomic mass is 9.73. The maximum absolute atomic E-state index is 12.8. The van der Waals surface area contributed by atoms with Gasteiger partial charge in [0.05, 0.1) is 6.54 Å². The third-order valence-corrected chi connectivity index (χ3v) is 5.36. The Morgan fingerprint density at radius 1 is 1.32 bits per heavy atom. The molecule has 6 nitrogen and oxygen atoms in total. The van der Waals surface area contributed by atoms with Crippen molar-refractivity contribution >= 4 is 11.9 Å². The molecule has 0 aromatic heterocycles. The van der Waals surface area contributed by atoms with Gasteiger partial charge in [0.2, 0.25) is 0 Å². The van der Waals surface area contributed by atoms with Crippen LogP contribution in [-0.2, 0) is 4.79 Å². The smallest absolute Gasteiger partial charge is 0.325 e. The molecule has 6 heteroatoms. The van der Waals surface area contributed by atoms with Crippen LogP contribution in [0.4, 0.5) is 4.79 Å². The molecule has 1 heterocycles. The number of hydrogen-bond acceptors (Lipinski definition) is 4. The van der Waals surface area contributed by atoms with Gasteiger partial charge in [0.15, 0.2) is 0 Å². The second-order valence-corrected chi connectivity index (χ2v) is 7.24. The van der Waals surface area contributed by atoms with Crippen molar-refractivity contribution in [2.75, 3.05) is 13.2 Å². The molecule has 3 amide bonds. The number of benzene rings is 1. The maximum Gasteiger partial charge on any atom is 0.325 e. The van der Waals surface area contributed by atoms with Gasteiger partial charge in [-0.3, -0.25) is 9.69 Å². The van der Waals surface area contributed by atoms with Gasteiger partial charge in [0, 0.05) is 0 Å². The summed E-state index contributed by atoms with van der Waals surface area (Å²) in [6.45, 7) is 3.98. The Bertz CT molecular complexity index is 645. The lowest BCUT2D eigenvalue weighted by Crippen LogP contribution is -2.54. The van der Waals surface area contributed by atoms with Crippen molar-refractivity contribution in [2.24, 2.45) is 5.92 Å². The van der Waals surface area contributed by atoms with Crippen LogP contribution in [0.1, 0.15) is 38.2 Å². The van der Waals surface area contributed by atoms with Gasteiger partial charge in [0.1, 0.15) is 24.0 Å². The van der Waals surface area contributed by atoms with Crippen LogP contribution in [0.3, 0.4) is 0 Å². The number of β-amino-alcohol motifs (C(OH)–C–C–N with tert-alkyl or cyclic N) is 1. The number of hydrogen-bond donors (Lipinski definition) is 2. The van der Waals surface area contributed by atoms with Crippen molar-refractivity contribution in [1.82, 2.24) is 10.2 Å². The minimum absolute atomic E-state index is 0.0304. The lowest BCUT2D eigenvalue weighted by Gasteiger charge is -2.36. The number of aliphatic hydroxyl groups excluding tert-OH is 1. The van der Waals surface area contributed by atoms with Gasteiger partial charge in [-0.1, -0.05) is 37.5 Å². The molecule has 0 radical (unpaired) electrons. The number of nitrogens with one attached hydrogen (secondary N) is 1. The van der Waals surface area contributed by atoms with Crippen LogP contribution in [0.15, 0.2) is 24.3 Å². The summed E-state index contributed by atoms with van der Waals surface area (Å²) < 4.78 is 5.54. The third kappa shape index (κ3) is 3.49. The number of carbonyl (C=O) groups excluding carboxylic acids is 2. The first-order valence-electron chi connectivity index (χ1n) is 8.94. The van der Waals surface area contributed by atoms with Crippen LogP contribution in [0.5, 0.6) is 5.75 Å². The molecule has 1 saturated heterocycles. The molecule has 2 fully saturated rings. The van der Waals surface area contributed by atoms with Crippen LogP contribution >= 0.6 is 0 Å². The van der Waals surface area contributed by atoms with Gasteiger partial charge in [-0.2, -0.15) is 0 Å². The largest absolute Gasteiger partial charge is 0.491 e. The summed E-state index contributed by atoms with van der Waals surface area (Å²) in [7, 11) is 0. The minimum Gasteiger partial charge on any atom is -0.491 e. The van der Waals surface area contributed by atoms with E-state index in [0.29, 0.717) is 12.2 Å². The number of carbonyl (C=O) groups is 2. The van der Waals surface area contributed by atoms with E-state index in [-0.39, 0.29) is 25.0 Å². The first kappa shape index (κ1) is 17.7. The molecule has 1 aliphatic carbocycles. The van der Waals surface area contributed by atoms with E-state index in [9.17, 15) is 14.7 Å². The van der Waals surface area contributed by atoms with Crippen molar-refractivity contribution in [3.05, 3.63) is 29.8 Å². The van der Waals surface area contributed by atoms with Gasteiger partial charge in [-0.15, -0.1) is 0 Å². The first-order valence-corrected chi connectivity index (χ1v) is 8.94. The van der Waals surface area contributed by atoms with Crippen LogP contribution in [-0.4, -0.2) is 46.7 Å². The Labute approximate surface area is 148 Å². The number of rotatable bonds is 5. The zero-order valence-corrected chi connectivity index (χ0v) is 14.8. The predicted octanol–water partition coefficient (Wildman–Crippen LogP) is 2.24. The fraction of sp³-hybridized carbons (Fsp3) is 0.579. The van der Waals surface area contributed by atoms with E-state index in [4.69, 9.17) is 4.74 Å². The van der Waals surface area contributed by atoms with Crippen LogP contribution in [0.2, 0.25) is 0 Å². The predicted molar refractivity (Wildman–Crippen MR) is 93.3 cm³/mol. The summed E-state index contributed by atoms with van der Waals surface area (Å²) in [6, 6.07) is 7.09. The van der Waals surface area contributed by atoms with Crippen LogP contribution in [0, 0.1) is 12.8 Å². The second-order valence-electron chi connectivity index (χ2n) is 7.24. The van der Waals surface area contributed by atoms with Crippen molar-refractivity contribution in [3.63, 3.8) is 0 Å². The Balaban J connectivity index is 1.59. The van der Waals surface area contributed by atoms with Crippen LogP contribution in [0.25, 0.3) is 0 Å². The highest BCUT2D eigenvalue weighted by molar-refractivity contribution is 6.07. The summed E-state index contributed by atoms with van der Waals surface area (Å²) in [5.74, 6) is 0.557. The molecule has 3 rings (SSSR count). The highest BCUT2D eigenvalue weighted by atomic mass is 16.5. The molecule has 2 aliphatic rings.